The minimum Gasteiger partial charge on any atom is -0.493 e. The van der Waals surface area contributed by atoms with Crippen LogP contribution < -0.4 is 4.74 Å². The van der Waals surface area contributed by atoms with Gasteiger partial charge in [0, 0.05) is 17.7 Å². The Balaban J connectivity index is 1.95. The van der Waals surface area contributed by atoms with Gasteiger partial charge in [0.2, 0.25) is 0 Å². The summed E-state index contributed by atoms with van der Waals surface area (Å²) in [6.07, 6.45) is 0.727. The van der Waals surface area contributed by atoms with Gasteiger partial charge in [-0.15, -0.1) is 10.2 Å². The van der Waals surface area contributed by atoms with Gasteiger partial charge in [0.05, 0.1) is 12.5 Å². The maximum atomic E-state index is 11.4. The average Bonchev–Trinajstić information content (AvgIpc) is 2.80. The Kier molecular flexibility index (Phi) is 3.18. The molecule has 1 aliphatic heterocycles. The van der Waals surface area contributed by atoms with Gasteiger partial charge < -0.3 is 9.30 Å². The Morgan fingerprint density at radius 1 is 1.35 bits per heavy atom. The topological polar surface area (TPSA) is 74.1 Å². The van der Waals surface area contributed by atoms with Crippen LogP contribution in [0.2, 0.25) is 0 Å². The number of hydrogen-bond donors (Lipinski definition) is 0. The monoisotopic (exact) mass is 313 g/mol. The summed E-state index contributed by atoms with van der Waals surface area (Å²) in [5, 5.41) is 7.36. The van der Waals surface area contributed by atoms with Crippen molar-refractivity contribution in [2.75, 3.05) is 6.61 Å². The van der Waals surface area contributed by atoms with Crippen molar-refractivity contribution in [3.05, 3.63) is 35.7 Å². The molecule has 20 heavy (non-hydrogen) atoms. The van der Waals surface area contributed by atoms with E-state index in [1.165, 1.54) is 4.57 Å². The molecule has 0 N–H and O–H groups in total. The summed E-state index contributed by atoms with van der Waals surface area (Å²) >= 11 is 0. The normalized spacial score (nSPS) is 18.4. The zero-order valence-electron chi connectivity index (χ0n) is 10.7. The van der Waals surface area contributed by atoms with Crippen molar-refractivity contribution in [1.82, 2.24) is 14.8 Å². The van der Waals surface area contributed by atoms with Gasteiger partial charge in [-0.1, -0.05) is 18.2 Å². The van der Waals surface area contributed by atoms with Crippen LogP contribution in [0.4, 0.5) is 0 Å². The highest BCUT2D eigenvalue weighted by Gasteiger charge is 2.28. The van der Waals surface area contributed by atoms with Gasteiger partial charge in [0.25, 0.3) is 14.2 Å². The van der Waals surface area contributed by atoms with Crippen molar-refractivity contribution in [2.24, 2.45) is 7.05 Å². The zero-order valence-corrected chi connectivity index (χ0v) is 12.2. The molecule has 0 saturated heterocycles. The van der Waals surface area contributed by atoms with Crippen molar-refractivity contribution in [2.45, 2.75) is 17.5 Å². The number of aromatic nitrogens is 3. The largest absolute Gasteiger partial charge is 0.493 e. The molecule has 2 heterocycles. The maximum absolute atomic E-state index is 11.4. The fourth-order valence-electron chi connectivity index (χ4n) is 2.39. The van der Waals surface area contributed by atoms with E-state index in [-0.39, 0.29) is 11.1 Å². The third-order valence-electron chi connectivity index (χ3n) is 3.33. The molecule has 0 spiro atoms. The van der Waals surface area contributed by atoms with E-state index in [0.717, 1.165) is 17.7 Å². The van der Waals surface area contributed by atoms with Crippen LogP contribution in [0.5, 0.6) is 5.75 Å². The van der Waals surface area contributed by atoms with Gasteiger partial charge in [-0.3, -0.25) is 0 Å². The molecule has 0 radical (unpaired) electrons. The molecule has 1 unspecified atom stereocenters. The summed E-state index contributed by atoms with van der Waals surface area (Å²) in [5.74, 6) is 1.37. The smallest absolute Gasteiger partial charge is 0.296 e. The molecule has 0 fully saturated rings. The van der Waals surface area contributed by atoms with Gasteiger partial charge in [0.15, 0.2) is 0 Å². The number of fused-ring (bicyclic) bond motifs is 1. The lowest BCUT2D eigenvalue weighted by Gasteiger charge is -2.24. The zero-order chi connectivity index (χ0) is 14.3. The van der Waals surface area contributed by atoms with Crippen LogP contribution in [0.25, 0.3) is 0 Å². The standard InChI is InChI=1S/C12H12ClN3O3S/c1-16-11(14-15-12(16)20(13,17)18)9-6-8-4-2-3-5-10(8)19-7-9/h2-5,9H,6-7H2,1H3. The van der Waals surface area contributed by atoms with Gasteiger partial charge in [-0.2, -0.15) is 0 Å². The summed E-state index contributed by atoms with van der Waals surface area (Å²) in [6.45, 7) is 0.436. The van der Waals surface area contributed by atoms with E-state index < -0.39 is 9.05 Å². The van der Waals surface area contributed by atoms with Crippen molar-refractivity contribution in [3.63, 3.8) is 0 Å². The minimum absolute atomic E-state index is 0.0467. The molecule has 0 aliphatic carbocycles. The molecular weight excluding hydrogens is 302 g/mol. The van der Waals surface area contributed by atoms with Gasteiger partial charge in [0.1, 0.15) is 11.6 Å². The molecule has 1 atom stereocenters. The molecule has 6 nitrogen and oxygen atoms in total. The highest BCUT2D eigenvalue weighted by molar-refractivity contribution is 8.13. The minimum atomic E-state index is -3.89. The molecule has 3 rings (SSSR count). The number of benzene rings is 1. The predicted molar refractivity (Wildman–Crippen MR) is 72.4 cm³/mol. The second-order valence-electron chi connectivity index (χ2n) is 4.66. The maximum Gasteiger partial charge on any atom is 0.296 e. The van der Waals surface area contributed by atoms with E-state index in [4.69, 9.17) is 15.4 Å². The average molecular weight is 314 g/mol. The first-order valence-corrected chi connectivity index (χ1v) is 8.32. The van der Waals surface area contributed by atoms with E-state index in [9.17, 15) is 8.42 Å². The quantitative estimate of drug-likeness (QED) is 0.785. The molecule has 2 aromatic rings. The summed E-state index contributed by atoms with van der Waals surface area (Å²) in [5.41, 5.74) is 1.07. The van der Waals surface area contributed by atoms with Crippen molar-refractivity contribution < 1.29 is 13.2 Å². The molecule has 0 bridgehead atoms. The van der Waals surface area contributed by atoms with Crippen molar-refractivity contribution in [1.29, 1.82) is 0 Å². The van der Waals surface area contributed by atoms with Crippen LogP contribution >= 0.6 is 10.7 Å². The lowest BCUT2D eigenvalue weighted by atomic mass is 9.96. The summed E-state index contributed by atoms with van der Waals surface area (Å²) in [6, 6.07) is 7.75. The highest BCUT2D eigenvalue weighted by Crippen LogP contribution is 2.31. The number of para-hydroxylation sites is 1. The third kappa shape index (κ3) is 2.27. The fraction of sp³-hybridized carbons (Fsp3) is 0.333. The number of hydrogen-bond acceptors (Lipinski definition) is 5. The second kappa shape index (κ2) is 4.75. The number of ether oxygens (including phenoxy) is 1. The van der Waals surface area contributed by atoms with E-state index >= 15 is 0 Å². The van der Waals surface area contributed by atoms with Crippen molar-refractivity contribution in [3.8, 4) is 5.75 Å². The molecule has 106 valence electrons. The van der Waals surface area contributed by atoms with Crippen LogP contribution in [0, 0.1) is 0 Å². The highest BCUT2D eigenvalue weighted by atomic mass is 35.7. The van der Waals surface area contributed by atoms with Crippen LogP contribution in [-0.4, -0.2) is 29.8 Å². The van der Waals surface area contributed by atoms with Crippen LogP contribution in [0.3, 0.4) is 0 Å². The molecule has 8 heteroatoms. The molecule has 0 amide bonds. The summed E-state index contributed by atoms with van der Waals surface area (Å²) in [7, 11) is 3.01. The Morgan fingerprint density at radius 2 is 2.10 bits per heavy atom. The Labute approximate surface area is 120 Å². The lowest BCUT2D eigenvalue weighted by molar-refractivity contribution is 0.255. The first-order chi connectivity index (χ1) is 9.47. The third-order valence-corrected chi connectivity index (χ3v) is 4.54. The molecule has 1 aliphatic rings. The Bertz CT molecular complexity index is 757. The lowest BCUT2D eigenvalue weighted by Crippen LogP contribution is -2.22. The molecule has 1 aromatic carbocycles. The first-order valence-electron chi connectivity index (χ1n) is 6.01. The van der Waals surface area contributed by atoms with Crippen molar-refractivity contribution >= 4 is 19.7 Å². The summed E-state index contributed by atoms with van der Waals surface area (Å²) in [4.78, 5) is 0. The number of halogens is 1. The summed E-state index contributed by atoms with van der Waals surface area (Å²) < 4.78 is 29.8. The Hall–Kier alpha value is -1.60. The van der Waals surface area contributed by atoms with Gasteiger partial charge >= 0.3 is 0 Å². The van der Waals surface area contributed by atoms with E-state index in [2.05, 4.69) is 10.2 Å². The number of rotatable bonds is 2. The van der Waals surface area contributed by atoms with E-state index in [1.807, 2.05) is 24.3 Å². The van der Waals surface area contributed by atoms with Gasteiger partial charge in [-0.25, -0.2) is 8.42 Å². The molecule has 0 saturated carbocycles. The van der Waals surface area contributed by atoms with E-state index in [1.54, 1.807) is 7.05 Å². The van der Waals surface area contributed by atoms with Crippen LogP contribution in [0.15, 0.2) is 29.4 Å². The molecule has 1 aromatic heterocycles. The second-order valence-corrected chi connectivity index (χ2v) is 7.12. The SMILES string of the molecule is Cn1c(C2COc3ccccc3C2)nnc1S(=O)(=O)Cl. The fourth-order valence-corrected chi connectivity index (χ4v) is 3.35. The number of nitrogens with zero attached hydrogens (tertiary/aromatic N) is 3. The first kappa shape index (κ1) is 13.4. The van der Waals surface area contributed by atoms with Crippen LogP contribution in [0.1, 0.15) is 17.3 Å². The predicted octanol–water partition coefficient (Wildman–Crippen LogP) is 1.46. The van der Waals surface area contributed by atoms with Crippen LogP contribution in [-0.2, 0) is 22.5 Å². The molecular formula is C12H12ClN3O3S. The van der Waals surface area contributed by atoms with E-state index in [0.29, 0.717) is 12.4 Å². The van der Waals surface area contributed by atoms with Gasteiger partial charge in [-0.05, 0) is 18.1 Å². The Morgan fingerprint density at radius 3 is 2.80 bits per heavy atom.